The molecule has 2 aromatic rings. The van der Waals surface area contributed by atoms with Gasteiger partial charge >= 0.3 is 0 Å². The molecule has 1 aromatic heterocycles. The fourth-order valence-corrected chi connectivity index (χ4v) is 1.66. The first-order valence-corrected chi connectivity index (χ1v) is 6.11. The first kappa shape index (κ1) is 13.8. The minimum Gasteiger partial charge on any atom is -0.497 e. The monoisotopic (exact) mass is 269 g/mol. The summed E-state index contributed by atoms with van der Waals surface area (Å²) >= 11 is 0. The van der Waals surface area contributed by atoms with Gasteiger partial charge in [-0.25, -0.2) is 4.98 Å². The first-order chi connectivity index (χ1) is 9.62. The molecule has 1 atom stereocenters. The maximum absolute atomic E-state index is 8.95. The highest BCUT2D eigenvalue weighted by Crippen LogP contribution is 2.26. The number of hydrogen-bond acceptors (Lipinski definition) is 5. The van der Waals surface area contributed by atoms with Crippen LogP contribution in [0.25, 0.3) is 0 Å². The van der Waals surface area contributed by atoms with Crippen molar-refractivity contribution in [3.05, 3.63) is 47.7 Å². The largest absolute Gasteiger partial charge is 0.497 e. The van der Waals surface area contributed by atoms with E-state index in [0.29, 0.717) is 22.9 Å². The van der Waals surface area contributed by atoms with Gasteiger partial charge in [-0.15, -0.1) is 0 Å². The van der Waals surface area contributed by atoms with Crippen molar-refractivity contribution in [1.82, 2.24) is 4.98 Å². The summed E-state index contributed by atoms with van der Waals surface area (Å²) in [7, 11) is 1.54. The second-order valence-electron chi connectivity index (χ2n) is 4.33. The number of ether oxygens (including phenoxy) is 2. The molecule has 2 N–H and O–H groups in total. The van der Waals surface area contributed by atoms with Crippen LogP contribution in [0.3, 0.4) is 0 Å². The molecular formula is C15H15N3O2. The molecule has 102 valence electrons. The predicted molar refractivity (Wildman–Crippen MR) is 74.6 cm³/mol. The van der Waals surface area contributed by atoms with E-state index in [4.69, 9.17) is 20.5 Å². The van der Waals surface area contributed by atoms with Crippen LogP contribution < -0.4 is 15.2 Å². The number of hydrogen-bond donors (Lipinski definition) is 1. The van der Waals surface area contributed by atoms with Gasteiger partial charge in [-0.05, 0) is 24.6 Å². The number of nitriles is 1. The number of nitrogens with two attached hydrogens (primary N) is 1. The molecule has 0 aliphatic heterocycles. The lowest BCUT2D eigenvalue weighted by molar-refractivity contribution is 0.407. The van der Waals surface area contributed by atoms with E-state index in [1.807, 2.05) is 13.0 Å². The second kappa shape index (κ2) is 6.04. The van der Waals surface area contributed by atoms with Gasteiger partial charge in [-0.3, -0.25) is 0 Å². The fourth-order valence-electron chi connectivity index (χ4n) is 1.66. The Kier molecular flexibility index (Phi) is 4.18. The van der Waals surface area contributed by atoms with Crippen molar-refractivity contribution >= 4 is 0 Å². The minimum absolute atomic E-state index is 0.0708. The van der Waals surface area contributed by atoms with Crippen molar-refractivity contribution in [3.63, 3.8) is 0 Å². The van der Waals surface area contributed by atoms with Crippen molar-refractivity contribution < 1.29 is 9.47 Å². The third-order valence-corrected chi connectivity index (χ3v) is 2.75. The Morgan fingerprint density at radius 1 is 1.25 bits per heavy atom. The topological polar surface area (TPSA) is 81.2 Å². The summed E-state index contributed by atoms with van der Waals surface area (Å²) < 4.78 is 10.7. The van der Waals surface area contributed by atoms with E-state index in [9.17, 15) is 0 Å². The maximum Gasteiger partial charge on any atom is 0.219 e. The number of aromatic nitrogens is 1. The molecule has 1 aromatic carbocycles. The molecule has 0 aliphatic carbocycles. The molecule has 0 spiro atoms. The third-order valence-electron chi connectivity index (χ3n) is 2.75. The predicted octanol–water partition coefficient (Wildman–Crippen LogP) is 2.77. The smallest absolute Gasteiger partial charge is 0.219 e. The first-order valence-electron chi connectivity index (χ1n) is 6.11. The molecule has 0 saturated heterocycles. The van der Waals surface area contributed by atoms with Crippen LogP contribution in [0.15, 0.2) is 36.5 Å². The van der Waals surface area contributed by atoms with Crippen LogP contribution in [0.4, 0.5) is 0 Å². The van der Waals surface area contributed by atoms with Crippen molar-refractivity contribution in [2.45, 2.75) is 13.0 Å². The van der Waals surface area contributed by atoms with Gasteiger partial charge in [0.15, 0.2) is 0 Å². The van der Waals surface area contributed by atoms with E-state index in [1.54, 1.807) is 30.5 Å². The highest BCUT2D eigenvalue weighted by molar-refractivity contribution is 5.45. The molecule has 20 heavy (non-hydrogen) atoms. The van der Waals surface area contributed by atoms with Gasteiger partial charge in [0.2, 0.25) is 5.88 Å². The Morgan fingerprint density at radius 3 is 2.55 bits per heavy atom. The summed E-state index contributed by atoms with van der Waals surface area (Å²) in [5, 5.41) is 8.95. The molecule has 0 amide bonds. The standard InChI is InChI=1S/C15H15N3O2/c1-10(17)12-3-4-15(18-9-12)20-14-6-11(8-16)5-13(7-14)19-2/h3-7,9-10H,17H2,1-2H3. The maximum atomic E-state index is 8.95. The molecule has 0 fully saturated rings. The normalized spacial score (nSPS) is 11.5. The molecule has 5 nitrogen and oxygen atoms in total. The highest BCUT2D eigenvalue weighted by atomic mass is 16.5. The van der Waals surface area contributed by atoms with Gasteiger partial charge in [0.05, 0.1) is 18.7 Å². The van der Waals surface area contributed by atoms with Crippen molar-refractivity contribution in [2.75, 3.05) is 7.11 Å². The quantitative estimate of drug-likeness (QED) is 0.923. The molecule has 1 unspecified atom stereocenters. The van der Waals surface area contributed by atoms with Crippen LogP contribution in [-0.4, -0.2) is 12.1 Å². The van der Waals surface area contributed by atoms with Crippen LogP contribution in [0.1, 0.15) is 24.1 Å². The second-order valence-corrected chi connectivity index (χ2v) is 4.33. The average molecular weight is 269 g/mol. The Bertz CT molecular complexity index is 631. The van der Waals surface area contributed by atoms with Crippen LogP contribution >= 0.6 is 0 Å². The van der Waals surface area contributed by atoms with Gasteiger partial charge < -0.3 is 15.2 Å². The van der Waals surface area contributed by atoms with E-state index < -0.39 is 0 Å². The SMILES string of the molecule is COc1cc(C#N)cc(Oc2ccc(C(C)N)cn2)c1. The number of methoxy groups -OCH3 is 1. The molecule has 0 saturated carbocycles. The van der Waals surface area contributed by atoms with Crippen LogP contribution in [-0.2, 0) is 0 Å². The Hall–Kier alpha value is -2.58. The Morgan fingerprint density at radius 2 is 2.00 bits per heavy atom. The number of nitrogens with zero attached hydrogens (tertiary/aromatic N) is 2. The highest BCUT2D eigenvalue weighted by Gasteiger charge is 2.05. The summed E-state index contributed by atoms with van der Waals surface area (Å²) in [5.74, 6) is 1.50. The van der Waals surface area contributed by atoms with Crippen molar-refractivity contribution in [1.29, 1.82) is 5.26 Å². The number of rotatable bonds is 4. The fraction of sp³-hybridized carbons (Fsp3) is 0.200. The summed E-state index contributed by atoms with van der Waals surface area (Å²) in [4.78, 5) is 4.18. The lowest BCUT2D eigenvalue weighted by atomic mass is 10.2. The minimum atomic E-state index is -0.0708. The van der Waals surface area contributed by atoms with Gasteiger partial charge in [0.25, 0.3) is 0 Å². The molecule has 0 aliphatic rings. The molecular weight excluding hydrogens is 254 g/mol. The average Bonchev–Trinajstić information content (AvgIpc) is 2.47. The van der Waals surface area contributed by atoms with Gasteiger partial charge in [-0.2, -0.15) is 5.26 Å². The lowest BCUT2D eigenvalue weighted by Crippen LogP contribution is -2.05. The van der Waals surface area contributed by atoms with Gasteiger partial charge in [0.1, 0.15) is 11.5 Å². The molecule has 0 bridgehead atoms. The molecule has 2 rings (SSSR count). The summed E-state index contributed by atoms with van der Waals surface area (Å²) in [6.45, 7) is 1.89. The van der Waals surface area contributed by atoms with E-state index in [2.05, 4.69) is 11.1 Å². The molecule has 5 heteroatoms. The van der Waals surface area contributed by atoms with E-state index in [0.717, 1.165) is 5.56 Å². The van der Waals surface area contributed by atoms with Gasteiger partial charge in [0, 0.05) is 24.4 Å². The molecule has 0 radical (unpaired) electrons. The van der Waals surface area contributed by atoms with Crippen LogP contribution in [0.2, 0.25) is 0 Å². The Balaban J connectivity index is 2.23. The van der Waals surface area contributed by atoms with Crippen LogP contribution in [0, 0.1) is 11.3 Å². The lowest BCUT2D eigenvalue weighted by Gasteiger charge is -2.09. The van der Waals surface area contributed by atoms with E-state index in [-0.39, 0.29) is 6.04 Å². The summed E-state index contributed by atoms with van der Waals surface area (Å²) in [5.41, 5.74) is 7.15. The van der Waals surface area contributed by atoms with Crippen molar-refractivity contribution in [3.8, 4) is 23.4 Å². The van der Waals surface area contributed by atoms with Crippen LogP contribution in [0.5, 0.6) is 17.4 Å². The third kappa shape index (κ3) is 3.25. The van der Waals surface area contributed by atoms with E-state index >= 15 is 0 Å². The Labute approximate surface area is 117 Å². The number of pyridine rings is 1. The molecule has 1 heterocycles. The van der Waals surface area contributed by atoms with E-state index in [1.165, 1.54) is 7.11 Å². The zero-order valence-corrected chi connectivity index (χ0v) is 11.3. The zero-order valence-electron chi connectivity index (χ0n) is 11.3. The number of benzene rings is 1. The van der Waals surface area contributed by atoms with Crippen molar-refractivity contribution in [2.24, 2.45) is 5.73 Å². The summed E-state index contributed by atoms with van der Waals surface area (Å²) in [6, 6.07) is 10.5. The zero-order chi connectivity index (χ0) is 14.5. The summed E-state index contributed by atoms with van der Waals surface area (Å²) in [6.07, 6.45) is 1.67. The van der Waals surface area contributed by atoms with Gasteiger partial charge in [-0.1, -0.05) is 6.07 Å².